The maximum atomic E-state index is 9.53. The summed E-state index contributed by atoms with van der Waals surface area (Å²) in [5.74, 6) is 0.809. The molecule has 0 heterocycles. The van der Waals surface area contributed by atoms with Crippen LogP contribution < -0.4 is 4.74 Å². The smallest absolute Gasteiger partial charge is 0.125 e. The van der Waals surface area contributed by atoms with Crippen molar-refractivity contribution in [3.05, 3.63) is 29.8 Å². The molecular weight excluding hydrogens is 188 g/mol. The molecule has 0 aliphatic carbocycles. The molecule has 0 spiro atoms. The average molecular weight is 208 g/mol. The van der Waals surface area contributed by atoms with Gasteiger partial charge in [0.1, 0.15) is 5.75 Å². The number of rotatable bonds is 6. The quantitative estimate of drug-likeness (QED) is 0.727. The van der Waals surface area contributed by atoms with Crippen molar-refractivity contribution in [2.24, 2.45) is 0 Å². The monoisotopic (exact) mass is 208 g/mol. The predicted octanol–water partition coefficient (Wildman–Crippen LogP) is 3.31. The van der Waals surface area contributed by atoms with Crippen LogP contribution in [0.25, 0.3) is 0 Å². The van der Waals surface area contributed by atoms with E-state index in [0.29, 0.717) is 0 Å². The summed E-state index contributed by atoms with van der Waals surface area (Å²) in [6, 6.07) is 7.66. The Balaban J connectivity index is 2.52. The normalized spacial score (nSPS) is 12.5. The third-order valence-corrected chi connectivity index (χ3v) is 2.37. The molecule has 0 aliphatic rings. The Morgan fingerprint density at radius 1 is 1.27 bits per heavy atom. The van der Waals surface area contributed by atoms with Gasteiger partial charge in [-0.05, 0) is 19.4 Å². The third kappa shape index (κ3) is 3.92. The molecule has 0 unspecified atom stereocenters. The maximum Gasteiger partial charge on any atom is 0.125 e. The number of benzene rings is 1. The molecule has 0 saturated heterocycles. The van der Waals surface area contributed by atoms with E-state index in [1.165, 1.54) is 12.8 Å². The minimum Gasteiger partial charge on any atom is -0.493 e. The van der Waals surface area contributed by atoms with Gasteiger partial charge in [-0.15, -0.1) is 0 Å². The molecule has 0 aromatic heterocycles. The SMILES string of the molecule is CCCCCOc1ccccc1[C@@H](C)O. The number of ether oxygens (including phenoxy) is 1. The Kier molecular flexibility index (Phi) is 5.19. The Morgan fingerprint density at radius 3 is 2.67 bits per heavy atom. The zero-order valence-corrected chi connectivity index (χ0v) is 9.57. The molecule has 0 amide bonds. The zero-order valence-electron chi connectivity index (χ0n) is 9.57. The zero-order chi connectivity index (χ0) is 11.1. The van der Waals surface area contributed by atoms with Gasteiger partial charge in [-0.25, -0.2) is 0 Å². The van der Waals surface area contributed by atoms with Crippen LogP contribution in [-0.4, -0.2) is 11.7 Å². The van der Waals surface area contributed by atoms with Crippen LogP contribution in [0.4, 0.5) is 0 Å². The molecular formula is C13H20O2. The molecule has 1 aromatic carbocycles. The molecule has 0 radical (unpaired) electrons. The lowest BCUT2D eigenvalue weighted by Gasteiger charge is -2.12. The number of aliphatic hydroxyl groups excluding tert-OH is 1. The largest absolute Gasteiger partial charge is 0.493 e. The molecule has 2 heteroatoms. The van der Waals surface area contributed by atoms with Gasteiger partial charge in [0.05, 0.1) is 12.7 Å². The molecule has 84 valence electrons. The summed E-state index contributed by atoms with van der Waals surface area (Å²) in [5, 5.41) is 9.53. The molecule has 1 aromatic rings. The van der Waals surface area contributed by atoms with Gasteiger partial charge in [-0.2, -0.15) is 0 Å². The minimum absolute atomic E-state index is 0.465. The topological polar surface area (TPSA) is 29.5 Å². The first kappa shape index (κ1) is 12.1. The second kappa shape index (κ2) is 6.46. The Morgan fingerprint density at radius 2 is 2.00 bits per heavy atom. The van der Waals surface area contributed by atoms with Gasteiger partial charge in [0, 0.05) is 5.56 Å². The fraction of sp³-hybridized carbons (Fsp3) is 0.538. The molecule has 1 N–H and O–H groups in total. The van der Waals surface area contributed by atoms with E-state index in [-0.39, 0.29) is 0 Å². The van der Waals surface area contributed by atoms with E-state index in [4.69, 9.17) is 4.74 Å². The number of aliphatic hydroxyl groups is 1. The highest BCUT2D eigenvalue weighted by molar-refractivity contribution is 5.34. The number of unbranched alkanes of at least 4 members (excludes halogenated alkanes) is 2. The summed E-state index contributed by atoms with van der Waals surface area (Å²) in [7, 11) is 0. The second-order valence-corrected chi connectivity index (χ2v) is 3.77. The van der Waals surface area contributed by atoms with E-state index in [1.807, 2.05) is 24.3 Å². The molecule has 1 atom stereocenters. The summed E-state index contributed by atoms with van der Waals surface area (Å²) >= 11 is 0. The Bertz CT molecular complexity index is 282. The van der Waals surface area contributed by atoms with Crippen LogP contribution >= 0.6 is 0 Å². The lowest BCUT2D eigenvalue weighted by molar-refractivity contribution is 0.190. The molecule has 15 heavy (non-hydrogen) atoms. The van der Waals surface area contributed by atoms with Gasteiger partial charge in [-0.3, -0.25) is 0 Å². The van der Waals surface area contributed by atoms with Gasteiger partial charge in [0.2, 0.25) is 0 Å². The molecule has 0 saturated carbocycles. The van der Waals surface area contributed by atoms with Crippen molar-refractivity contribution in [3.8, 4) is 5.75 Å². The minimum atomic E-state index is -0.465. The highest BCUT2D eigenvalue weighted by atomic mass is 16.5. The molecule has 2 nitrogen and oxygen atoms in total. The van der Waals surface area contributed by atoms with Gasteiger partial charge >= 0.3 is 0 Å². The number of hydrogen-bond acceptors (Lipinski definition) is 2. The molecule has 0 bridgehead atoms. The van der Waals surface area contributed by atoms with Crippen LogP contribution in [0.5, 0.6) is 5.75 Å². The molecule has 0 aliphatic heterocycles. The fourth-order valence-electron chi connectivity index (χ4n) is 1.49. The van der Waals surface area contributed by atoms with Crippen molar-refractivity contribution in [3.63, 3.8) is 0 Å². The van der Waals surface area contributed by atoms with Crippen LogP contribution in [-0.2, 0) is 0 Å². The van der Waals surface area contributed by atoms with Crippen molar-refractivity contribution in [2.75, 3.05) is 6.61 Å². The summed E-state index contributed by atoms with van der Waals surface area (Å²) in [6.45, 7) is 4.66. The van der Waals surface area contributed by atoms with Gasteiger partial charge in [-0.1, -0.05) is 38.0 Å². The van der Waals surface area contributed by atoms with E-state index in [1.54, 1.807) is 6.92 Å². The molecule has 0 fully saturated rings. The lowest BCUT2D eigenvalue weighted by Crippen LogP contribution is -2.01. The average Bonchev–Trinajstić information content (AvgIpc) is 2.25. The first-order valence-corrected chi connectivity index (χ1v) is 5.65. The standard InChI is InChI=1S/C13H20O2/c1-3-4-7-10-15-13-9-6-5-8-12(13)11(2)14/h5-6,8-9,11,14H,3-4,7,10H2,1-2H3/t11-/m1/s1. The van der Waals surface area contributed by atoms with E-state index in [0.717, 1.165) is 24.3 Å². The van der Waals surface area contributed by atoms with Crippen molar-refractivity contribution in [1.29, 1.82) is 0 Å². The van der Waals surface area contributed by atoms with Crippen LogP contribution in [0, 0.1) is 0 Å². The summed E-state index contributed by atoms with van der Waals surface area (Å²) in [4.78, 5) is 0. The maximum absolute atomic E-state index is 9.53. The second-order valence-electron chi connectivity index (χ2n) is 3.77. The van der Waals surface area contributed by atoms with Crippen LogP contribution in [0.1, 0.15) is 44.8 Å². The van der Waals surface area contributed by atoms with E-state index in [9.17, 15) is 5.11 Å². The predicted molar refractivity (Wildman–Crippen MR) is 62.1 cm³/mol. The van der Waals surface area contributed by atoms with Crippen molar-refractivity contribution in [1.82, 2.24) is 0 Å². The van der Waals surface area contributed by atoms with E-state index < -0.39 is 6.10 Å². The van der Waals surface area contributed by atoms with Gasteiger partial charge in [0.25, 0.3) is 0 Å². The Labute approximate surface area is 91.9 Å². The van der Waals surface area contributed by atoms with Gasteiger partial charge in [0.15, 0.2) is 0 Å². The van der Waals surface area contributed by atoms with Crippen molar-refractivity contribution in [2.45, 2.75) is 39.2 Å². The van der Waals surface area contributed by atoms with Crippen LogP contribution in [0.3, 0.4) is 0 Å². The summed E-state index contributed by atoms with van der Waals surface area (Å²) in [5.41, 5.74) is 0.869. The lowest BCUT2D eigenvalue weighted by atomic mass is 10.1. The van der Waals surface area contributed by atoms with Crippen molar-refractivity contribution >= 4 is 0 Å². The highest BCUT2D eigenvalue weighted by Crippen LogP contribution is 2.24. The van der Waals surface area contributed by atoms with Crippen LogP contribution in [0.2, 0.25) is 0 Å². The highest BCUT2D eigenvalue weighted by Gasteiger charge is 2.07. The number of para-hydroxylation sites is 1. The fourth-order valence-corrected chi connectivity index (χ4v) is 1.49. The summed E-state index contributed by atoms with van der Waals surface area (Å²) < 4.78 is 5.64. The van der Waals surface area contributed by atoms with Crippen LogP contribution in [0.15, 0.2) is 24.3 Å². The molecule has 1 rings (SSSR count). The van der Waals surface area contributed by atoms with E-state index in [2.05, 4.69) is 6.92 Å². The Hall–Kier alpha value is -1.02. The summed E-state index contributed by atoms with van der Waals surface area (Å²) in [6.07, 6.45) is 3.00. The first-order valence-electron chi connectivity index (χ1n) is 5.65. The first-order chi connectivity index (χ1) is 7.25. The van der Waals surface area contributed by atoms with Crippen molar-refractivity contribution < 1.29 is 9.84 Å². The number of hydrogen-bond donors (Lipinski definition) is 1. The van der Waals surface area contributed by atoms with E-state index >= 15 is 0 Å². The third-order valence-electron chi connectivity index (χ3n) is 2.37. The van der Waals surface area contributed by atoms with Gasteiger partial charge < -0.3 is 9.84 Å².